The largest absolute Gasteiger partial charge is 0.481 e. The van der Waals surface area contributed by atoms with Crippen LogP contribution in [0.15, 0.2) is 86.1 Å². The molecule has 0 fully saturated rings. The Bertz CT molecular complexity index is 2500. The van der Waals surface area contributed by atoms with Gasteiger partial charge in [-0.3, -0.25) is 43.2 Å². The summed E-state index contributed by atoms with van der Waals surface area (Å²) in [6, 6.07) is 7.05. The third kappa shape index (κ3) is 18.7. The lowest BCUT2D eigenvalue weighted by Gasteiger charge is -2.41. The van der Waals surface area contributed by atoms with E-state index in [9.17, 15) is 52.6 Å². The molecule has 0 spiro atoms. The Morgan fingerprint density at radius 3 is 2.07 bits per heavy atom. The second kappa shape index (κ2) is 29.0. The Kier molecular flexibility index (Phi) is 23.8. The second-order valence-electron chi connectivity index (χ2n) is 18.2. The van der Waals surface area contributed by atoms with Gasteiger partial charge in [-0.05, 0) is 48.6 Å². The number of benzene rings is 2. The van der Waals surface area contributed by atoms with Crippen LogP contribution in [0.3, 0.4) is 0 Å². The second-order valence-corrected chi connectivity index (χ2v) is 18.2. The number of hydrogen-bond acceptors (Lipinski definition) is 11. The van der Waals surface area contributed by atoms with Crippen molar-refractivity contribution in [2.75, 3.05) is 32.8 Å². The molecule has 3 aromatic rings. The van der Waals surface area contributed by atoms with Crippen LogP contribution in [0.25, 0.3) is 11.1 Å². The quantitative estimate of drug-likeness (QED) is 0.0324. The van der Waals surface area contributed by atoms with Crippen molar-refractivity contribution in [1.82, 2.24) is 41.4 Å². The molecular formula is C51H67F2N9O12. The van der Waals surface area contributed by atoms with E-state index in [1.165, 1.54) is 4.90 Å². The Balaban J connectivity index is 2.02. The number of nitrogens with two attached hydrogens (primary N) is 1. The minimum Gasteiger partial charge on any atom is -0.481 e. The highest BCUT2D eigenvalue weighted by Gasteiger charge is 2.39. The predicted octanol–water partition coefficient (Wildman–Crippen LogP) is 1.65. The molecule has 23 heteroatoms. The van der Waals surface area contributed by atoms with Crippen molar-refractivity contribution in [2.45, 2.75) is 96.6 Å². The van der Waals surface area contributed by atoms with Gasteiger partial charge in [0.1, 0.15) is 42.4 Å². The minimum absolute atomic E-state index is 0.0721. The molecule has 0 saturated heterocycles. The number of aliphatic carboxylic acids is 2. The molecule has 0 unspecified atom stereocenters. The third-order valence-electron chi connectivity index (χ3n) is 11.8. The zero-order valence-corrected chi connectivity index (χ0v) is 41.8. The number of aliphatic hydroxyl groups excluding tert-OH is 1. The van der Waals surface area contributed by atoms with Crippen molar-refractivity contribution in [3.8, 4) is 11.1 Å². The summed E-state index contributed by atoms with van der Waals surface area (Å²) in [6.07, 6.45) is 2.62. The van der Waals surface area contributed by atoms with Gasteiger partial charge in [-0.2, -0.15) is 0 Å². The molecule has 0 saturated carbocycles. The zero-order chi connectivity index (χ0) is 55.3. The van der Waals surface area contributed by atoms with E-state index in [1.807, 2.05) is 30.3 Å². The van der Waals surface area contributed by atoms with Gasteiger partial charge in [-0.25, -0.2) is 8.78 Å². The van der Waals surface area contributed by atoms with Crippen LogP contribution in [0, 0.1) is 23.0 Å². The first kappa shape index (κ1) is 60.5. The number of nitrogens with zero attached hydrogens (tertiary/aromatic N) is 2. The maximum Gasteiger partial charge on any atom is 0.320 e. The summed E-state index contributed by atoms with van der Waals surface area (Å²) < 4.78 is 31.8. The van der Waals surface area contributed by atoms with Gasteiger partial charge in [0.05, 0.1) is 19.0 Å². The van der Waals surface area contributed by atoms with Crippen molar-refractivity contribution in [3.63, 3.8) is 0 Å². The van der Waals surface area contributed by atoms with E-state index in [4.69, 9.17) is 15.9 Å². The molecule has 7 amide bonds. The molecule has 21 nitrogen and oxygen atoms in total. The summed E-state index contributed by atoms with van der Waals surface area (Å²) in [7, 11) is 0. The average molecular weight is 1040 g/mol. The highest BCUT2D eigenvalue weighted by Crippen LogP contribution is 2.42. The van der Waals surface area contributed by atoms with Gasteiger partial charge in [0, 0.05) is 67.5 Å². The lowest BCUT2D eigenvalue weighted by atomic mass is 9.81. The van der Waals surface area contributed by atoms with E-state index in [0.29, 0.717) is 5.69 Å². The van der Waals surface area contributed by atoms with Crippen LogP contribution >= 0.6 is 0 Å². The van der Waals surface area contributed by atoms with E-state index >= 15 is 4.39 Å². The molecule has 0 aliphatic carbocycles. The Labute approximate surface area is 427 Å². The van der Waals surface area contributed by atoms with Gasteiger partial charge in [0.2, 0.25) is 41.4 Å². The summed E-state index contributed by atoms with van der Waals surface area (Å²) in [6.45, 7) is 12.2. The van der Waals surface area contributed by atoms with E-state index in [2.05, 4.69) is 45.1 Å². The lowest BCUT2D eigenvalue weighted by molar-refractivity contribution is -0.140. The smallest absolute Gasteiger partial charge is 0.320 e. The molecule has 2 aromatic carbocycles. The maximum atomic E-state index is 15.4. The molecule has 1 aromatic heterocycles. The van der Waals surface area contributed by atoms with Gasteiger partial charge in [-0.1, -0.05) is 70.2 Å². The topological polar surface area (TPSA) is 321 Å². The van der Waals surface area contributed by atoms with Gasteiger partial charge < -0.3 is 62.4 Å². The number of carboxylic acid groups (broad SMARTS) is 2. The fraction of sp³-hybridized carbons (Fsp3) is 0.431. The first-order valence-electron chi connectivity index (χ1n) is 23.7. The lowest BCUT2D eigenvalue weighted by Crippen LogP contribution is -2.58. The van der Waals surface area contributed by atoms with Gasteiger partial charge >= 0.3 is 11.9 Å². The highest BCUT2D eigenvalue weighted by atomic mass is 19.1. The summed E-state index contributed by atoms with van der Waals surface area (Å²) >= 11 is 0. The van der Waals surface area contributed by atoms with Crippen LogP contribution in [0.4, 0.5) is 8.78 Å². The number of carboxylic acids is 2. The SMILES string of the molecule is C=C[C@H](NC(=O)[C@@H](NC(=O)CNC(=O)CCC(=O)O)C(C)C)C(=O)N[C@@H](CCN(C(=O)CO)[C@@H](c1cc(-c2cc(F)ccc2F)cn1Cc1ccccc1)C(C)(C)C=C)C(=O)NCCNC(=O)CC[C@H](N)C(=O)O. The van der Waals surface area contributed by atoms with Crippen LogP contribution in [0.2, 0.25) is 0 Å². The molecule has 0 aliphatic rings. The molecule has 3 rings (SSSR count). The molecule has 5 atom stereocenters. The molecule has 11 N–H and O–H groups in total. The fourth-order valence-electron chi connectivity index (χ4n) is 7.61. The Hall–Kier alpha value is -7.79. The van der Waals surface area contributed by atoms with Gasteiger partial charge in [-0.15, -0.1) is 13.2 Å². The van der Waals surface area contributed by atoms with E-state index in [1.54, 1.807) is 50.6 Å². The molecule has 74 heavy (non-hydrogen) atoms. The number of aromatic nitrogens is 1. The van der Waals surface area contributed by atoms with E-state index in [0.717, 1.165) is 29.8 Å². The zero-order valence-electron chi connectivity index (χ0n) is 41.8. The maximum absolute atomic E-state index is 15.4. The van der Waals surface area contributed by atoms with E-state index in [-0.39, 0.29) is 63.0 Å². The summed E-state index contributed by atoms with van der Waals surface area (Å²) in [4.78, 5) is 116. The standard InChI is InChI=1S/C51H67F2N9O12/c1-7-37(58-49(72)45(30(3)4)60-42(66)26-57-41(65)18-19-44(68)69)48(71)59-38(47(70)56-22-21-55-40(64)17-16-36(54)50(73)74)20-23-62(43(67)29-63)46(51(5,6)8-2)39-24-32(34-25-33(52)14-15-35(34)53)28-61(39)27-31-12-10-9-11-13-31/h7-15,24-25,28,30,36-38,45-46,63H,1-2,16-23,26-27,29,54H2,3-6H3,(H,55,64)(H,56,70)(H,57,65)(H,58,72)(H,59,71)(H,60,66)(H,68,69)(H,73,74)/t36-,37-,38-,45-,46-/m0/s1. The van der Waals surface area contributed by atoms with Crippen molar-refractivity contribution in [1.29, 1.82) is 0 Å². The molecular weight excluding hydrogens is 969 g/mol. The van der Waals surface area contributed by atoms with Crippen molar-refractivity contribution >= 4 is 53.3 Å². The molecule has 1 heterocycles. The minimum atomic E-state index is -1.55. The van der Waals surface area contributed by atoms with Crippen molar-refractivity contribution < 1.29 is 67.3 Å². The summed E-state index contributed by atoms with van der Waals surface area (Å²) in [5.41, 5.74) is 5.81. The van der Waals surface area contributed by atoms with Crippen LogP contribution in [-0.2, 0) is 49.7 Å². The molecule has 0 aliphatic heterocycles. The van der Waals surface area contributed by atoms with Crippen molar-refractivity contribution in [2.24, 2.45) is 17.1 Å². The first-order valence-corrected chi connectivity index (χ1v) is 23.7. The number of carbonyl (C=O) groups is 9. The molecule has 0 radical (unpaired) electrons. The van der Waals surface area contributed by atoms with E-state index < -0.39 is 126 Å². The monoisotopic (exact) mass is 1040 g/mol. The number of halogens is 2. The Morgan fingerprint density at radius 1 is 0.797 bits per heavy atom. The number of rotatable bonds is 31. The number of carbonyl (C=O) groups excluding carboxylic acids is 7. The first-order chi connectivity index (χ1) is 34.9. The summed E-state index contributed by atoms with van der Waals surface area (Å²) in [5, 5.41) is 43.2. The van der Waals surface area contributed by atoms with Crippen LogP contribution in [0.5, 0.6) is 0 Å². The summed E-state index contributed by atoms with van der Waals surface area (Å²) in [5.74, 6) is -10.1. The molecule has 0 bridgehead atoms. The van der Waals surface area contributed by atoms with Crippen LogP contribution in [0.1, 0.15) is 77.1 Å². The predicted molar refractivity (Wildman–Crippen MR) is 267 cm³/mol. The van der Waals surface area contributed by atoms with Crippen LogP contribution in [-0.4, -0.2) is 135 Å². The van der Waals surface area contributed by atoms with Crippen LogP contribution < -0.4 is 37.6 Å². The third-order valence-corrected chi connectivity index (χ3v) is 11.8. The Morgan fingerprint density at radius 2 is 1.46 bits per heavy atom. The highest BCUT2D eigenvalue weighted by molar-refractivity contribution is 5.96. The molecule has 402 valence electrons. The number of amides is 7. The van der Waals surface area contributed by atoms with Gasteiger partial charge in [0.15, 0.2) is 0 Å². The normalized spacial score (nSPS) is 13.2. The fourth-order valence-corrected chi connectivity index (χ4v) is 7.61. The number of hydrogen-bond donors (Lipinski definition) is 10. The number of nitrogens with one attached hydrogen (secondary N) is 6. The average Bonchev–Trinajstić information content (AvgIpc) is 3.76. The van der Waals surface area contributed by atoms with Crippen molar-refractivity contribution in [3.05, 3.63) is 109 Å². The van der Waals surface area contributed by atoms with Gasteiger partial charge in [0.25, 0.3) is 0 Å². The number of aliphatic hydroxyl groups is 1.